The lowest BCUT2D eigenvalue weighted by molar-refractivity contribution is -0.124. The van der Waals surface area contributed by atoms with Gasteiger partial charge >= 0.3 is 0 Å². The van der Waals surface area contributed by atoms with Crippen LogP contribution in [0.1, 0.15) is 51.2 Å². The molecule has 1 unspecified atom stereocenters. The Labute approximate surface area is 124 Å². The van der Waals surface area contributed by atoms with Gasteiger partial charge in [0.25, 0.3) is 0 Å². The Hall–Kier alpha value is -1.35. The van der Waals surface area contributed by atoms with E-state index in [0.717, 1.165) is 12.0 Å². The average molecular weight is 294 g/mol. The number of hydrogen-bond donors (Lipinski definition) is 0. The average Bonchev–Trinajstić information content (AvgIpc) is 2.60. The van der Waals surface area contributed by atoms with Gasteiger partial charge < -0.3 is 0 Å². The van der Waals surface area contributed by atoms with E-state index >= 15 is 0 Å². The molecule has 20 heavy (non-hydrogen) atoms. The molecule has 1 aliphatic rings. The second-order valence-corrected chi connectivity index (χ2v) is 6.38. The summed E-state index contributed by atoms with van der Waals surface area (Å²) in [5.41, 5.74) is 3.08. The Bertz CT molecular complexity index is 566. The van der Waals surface area contributed by atoms with E-state index < -0.39 is 0 Å². The highest BCUT2D eigenvalue weighted by Crippen LogP contribution is 2.49. The first-order valence-electron chi connectivity index (χ1n) is 6.82. The van der Waals surface area contributed by atoms with Crippen molar-refractivity contribution in [3.63, 3.8) is 0 Å². The van der Waals surface area contributed by atoms with E-state index in [4.69, 9.17) is 11.6 Å². The standard InChI is InChI=1S/C16H20ClNO2/c1-10-8-16(3,4)12-6-5-7-13(15(10)12)18(11(2)19)14(20)9-17/h5-7,10H,8-9H2,1-4H3. The fraction of sp³-hybridized carbons (Fsp3) is 0.500. The Balaban J connectivity index is 2.62. The smallest absolute Gasteiger partial charge is 0.248 e. The molecule has 2 rings (SSSR count). The molecule has 0 N–H and O–H groups in total. The van der Waals surface area contributed by atoms with Gasteiger partial charge in [0, 0.05) is 6.92 Å². The van der Waals surface area contributed by atoms with Crippen molar-refractivity contribution >= 4 is 29.1 Å². The molecule has 0 radical (unpaired) electrons. The van der Waals surface area contributed by atoms with Crippen LogP contribution in [0.2, 0.25) is 0 Å². The molecule has 1 atom stereocenters. The van der Waals surface area contributed by atoms with Gasteiger partial charge in [0.1, 0.15) is 5.88 Å². The lowest BCUT2D eigenvalue weighted by Crippen LogP contribution is -2.37. The van der Waals surface area contributed by atoms with Crippen molar-refractivity contribution in [2.75, 3.05) is 10.8 Å². The van der Waals surface area contributed by atoms with Crippen molar-refractivity contribution < 1.29 is 9.59 Å². The molecule has 3 nitrogen and oxygen atoms in total. The van der Waals surface area contributed by atoms with Gasteiger partial charge in [0.15, 0.2) is 0 Å². The second-order valence-electron chi connectivity index (χ2n) is 6.11. The van der Waals surface area contributed by atoms with E-state index in [-0.39, 0.29) is 23.1 Å². The van der Waals surface area contributed by atoms with Crippen LogP contribution in [-0.4, -0.2) is 17.7 Å². The first kappa shape index (κ1) is 15.0. The molecule has 1 aromatic rings. The number of imide groups is 1. The summed E-state index contributed by atoms with van der Waals surface area (Å²) < 4.78 is 0. The molecule has 0 aliphatic heterocycles. The molecule has 4 heteroatoms. The number of halogens is 1. The Morgan fingerprint density at radius 2 is 2.05 bits per heavy atom. The van der Waals surface area contributed by atoms with Gasteiger partial charge in [-0.15, -0.1) is 11.6 Å². The van der Waals surface area contributed by atoms with Crippen molar-refractivity contribution in [1.82, 2.24) is 0 Å². The lowest BCUT2D eigenvalue weighted by Gasteiger charge is -2.24. The summed E-state index contributed by atoms with van der Waals surface area (Å²) in [4.78, 5) is 25.1. The molecular formula is C16H20ClNO2. The maximum Gasteiger partial charge on any atom is 0.248 e. The summed E-state index contributed by atoms with van der Waals surface area (Å²) in [5.74, 6) is -0.535. The number of anilines is 1. The number of fused-ring (bicyclic) bond motifs is 1. The first-order valence-corrected chi connectivity index (χ1v) is 7.36. The van der Waals surface area contributed by atoms with Gasteiger partial charge in [-0.1, -0.05) is 32.9 Å². The lowest BCUT2D eigenvalue weighted by atomic mass is 9.86. The number of carbonyl (C=O) groups is 2. The largest absolute Gasteiger partial charge is 0.274 e. The minimum Gasteiger partial charge on any atom is -0.274 e. The van der Waals surface area contributed by atoms with Crippen LogP contribution >= 0.6 is 11.6 Å². The molecule has 1 aliphatic carbocycles. The van der Waals surface area contributed by atoms with E-state index in [0.29, 0.717) is 11.6 Å². The Kier molecular flexibility index (Phi) is 3.92. The van der Waals surface area contributed by atoms with E-state index in [2.05, 4.69) is 26.8 Å². The molecule has 0 saturated heterocycles. The normalized spacial score (nSPS) is 19.6. The summed E-state index contributed by atoms with van der Waals surface area (Å²) >= 11 is 5.64. The fourth-order valence-electron chi connectivity index (χ4n) is 3.37. The van der Waals surface area contributed by atoms with Gasteiger partial charge in [0.2, 0.25) is 11.8 Å². The number of amides is 2. The molecule has 0 bridgehead atoms. The molecule has 0 aromatic heterocycles. The summed E-state index contributed by atoms with van der Waals surface area (Å²) in [5, 5.41) is 0. The Morgan fingerprint density at radius 3 is 2.60 bits per heavy atom. The topological polar surface area (TPSA) is 37.4 Å². The number of carbonyl (C=O) groups excluding carboxylic acids is 2. The van der Waals surface area contributed by atoms with Gasteiger partial charge in [-0.25, -0.2) is 4.90 Å². The van der Waals surface area contributed by atoms with Crippen molar-refractivity contribution in [2.24, 2.45) is 0 Å². The number of nitrogens with zero attached hydrogens (tertiary/aromatic N) is 1. The third-order valence-electron chi connectivity index (χ3n) is 4.04. The van der Waals surface area contributed by atoms with Crippen LogP contribution in [0.25, 0.3) is 0 Å². The minimum atomic E-state index is -0.371. The third-order valence-corrected chi connectivity index (χ3v) is 4.27. The van der Waals surface area contributed by atoms with E-state index in [1.54, 1.807) is 0 Å². The van der Waals surface area contributed by atoms with E-state index in [1.807, 2.05) is 12.1 Å². The zero-order valence-corrected chi connectivity index (χ0v) is 13.1. The molecule has 0 spiro atoms. The molecule has 0 fully saturated rings. The summed E-state index contributed by atoms with van der Waals surface area (Å²) in [6.07, 6.45) is 1.01. The number of benzene rings is 1. The number of rotatable bonds is 2. The SMILES string of the molecule is CC(=O)N(C(=O)CCl)c1cccc2c1C(C)CC2(C)C. The highest BCUT2D eigenvalue weighted by Gasteiger charge is 2.38. The van der Waals surface area contributed by atoms with Crippen LogP contribution in [0.4, 0.5) is 5.69 Å². The van der Waals surface area contributed by atoms with Crippen molar-refractivity contribution in [1.29, 1.82) is 0 Å². The highest BCUT2D eigenvalue weighted by atomic mass is 35.5. The fourth-order valence-corrected chi connectivity index (χ4v) is 3.49. The summed E-state index contributed by atoms with van der Waals surface area (Å²) in [7, 11) is 0. The van der Waals surface area contributed by atoms with Crippen molar-refractivity contribution in [3.05, 3.63) is 29.3 Å². The molecule has 1 aromatic carbocycles. The number of hydrogen-bond acceptors (Lipinski definition) is 2. The van der Waals surface area contributed by atoms with Gasteiger partial charge in [-0.2, -0.15) is 0 Å². The van der Waals surface area contributed by atoms with Crippen molar-refractivity contribution in [3.8, 4) is 0 Å². The Morgan fingerprint density at radius 1 is 1.40 bits per heavy atom. The van der Waals surface area contributed by atoms with Gasteiger partial charge in [-0.3, -0.25) is 9.59 Å². The summed E-state index contributed by atoms with van der Waals surface area (Å²) in [6.45, 7) is 7.93. The third kappa shape index (κ3) is 2.35. The quantitative estimate of drug-likeness (QED) is 0.782. The predicted octanol–water partition coefficient (Wildman–Crippen LogP) is 3.59. The molecule has 0 heterocycles. The van der Waals surface area contributed by atoms with Crippen LogP contribution in [0.15, 0.2) is 18.2 Å². The van der Waals surface area contributed by atoms with Crippen LogP contribution in [0.5, 0.6) is 0 Å². The monoisotopic (exact) mass is 293 g/mol. The first-order chi connectivity index (χ1) is 9.29. The van der Waals surface area contributed by atoms with Gasteiger partial charge in [0.05, 0.1) is 5.69 Å². The maximum absolute atomic E-state index is 12.0. The molecule has 108 valence electrons. The van der Waals surface area contributed by atoms with Crippen LogP contribution in [0, 0.1) is 0 Å². The molecule has 2 amide bonds. The van der Waals surface area contributed by atoms with Gasteiger partial charge in [-0.05, 0) is 34.9 Å². The highest BCUT2D eigenvalue weighted by molar-refractivity contribution is 6.32. The molecule has 0 saturated carbocycles. The maximum atomic E-state index is 12.0. The van der Waals surface area contributed by atoms with Crippen LogP contribution in [-0.2, 0) is 15.0 Å². The number of alkyl halides is 1. The van der Waals surface area contributed by atoms with E-state index in [1.165, 1.54) is 17.4 Å². The zero-order valence-electron chi connectivity index (χ0n) is 12.4. The minimum absolute atomic E-state index is 0.0667. The van der Waals surface area contributed by atoms with Crippen molar-refractivity contribution in [2.45, 2.75) is 45.4 Å². The van der Waals surface area contributed by atoms with Crippen LogP contribution in [0.3, 0.4) is 0 Å². The second kappa shape index (κ2) is 5.21. The molecular weight excluding hydrogens is 274 g/mol. The summed E-state index contributed by atoms with van der Waals surface area (Å²) in [6, 6.07) is 5.83. The predicted molar refractivity (Wildman–Crippen MR) is 81.4 cm³/mol. The van der Waals surface area contributed by atoms with E-state index in [9.17, 15) is 9.59 Å². The van der Waals surface area contributed by atoms with Crippen LogP contribution < -0.4 is 4.90 Å². The zero-order chi connectivity index (χ0) is 15.1.